The molecule has 5 heteroatoms. The maximum atomic E-state index is 11.5. The Hall–Kier alpha value is -1.36. The van der Waals surface area contributed by atoms with Gasteiger partial charge in [-0.1, -0.05) is 0 Å². The van der Waals surface area contributed by atoms with Crippen molar-refractivity contribution < 1.29 is 14.3 Å². The molecule has 18 heavy (non-hydrogen) atoms. The first kappa shape index (κ1) is 13.1. The van der Waals surface area contributed by atoms with Gasteiger partial charge >= 0.3 is 5.97 Å². The van der Waals surface area contributed by atoms with Crippen molar-refractivity contribution in [3.05, 3.63) is 18.2 Å². The second-order valence-electron chi connectivity index (χ2n) is 4.89. The molecule has 0 aromatic carbocycles. The number of carbonyl (C=O) groups excluding carboxylic acids is 1. The Labute approximate surface area is 107 Å². The molecule has 1 aromatic rings. The summed E-state index contributed by atoms with van der Waals surface area (Å²) in [5.74, 6) is -0.349. The summed E-state index contributed by atoms with van der Waals surface area (Å²) in [6.07, 6.45) is 6.99. The smallest absolute Gasteiger partial charge is 0.358 e. The number of imidazole rings is 1. The molecule has 5 nitrogen and oxygen atoms in total. The molecular weight excluding hydrogens is 232 g/mol. The minimum absolute atomic E-state index is 0.349. The van der Waals surface area contributed by atoms with Crippen LogP contribution in [0.2, 0.25) is 0 Å². The van der Waals surface area contributed by atoms with Gasteiger partial charge in [-0.05, 0) is 31.6 Å². The summed E-state index contributed by atoms with van der Waals surface area (Å²) >= 11 is 0. The van der Waals surface area contributed by atoms with Crippen molar-refractivity contribution in [2.24, 2.45) is 5.41 Å². The van der Waals surface area contributed by atoms with Gasteiger partial charge < -0.3 is 14.0 Å². The Balaban J connectivity index is 1.92. The Morgan fingerprint density at radius 3 is 2.94 bits per heavy atom. The molecule has 0 radical (unpaired) electrons. The Kier molecular flexibility index (Phi) is 4.01. The van der Waals surface area contributed by atoms with E-state index in [0.717, 1.165) is 19.6 Å². The molecule has 0 bridgehead atoms. The zero-order valence-electron chi connectivity index (χ0n) is 11.0. The van der Waals surface area contributed by atoms with Gasteiger partial charge in [-0.15, -0.1) is 0 Å². The van der Waals surface area contributed by atoms with E-state index in [9.17, 15) is 4.79 Å². The summed E-state index contributed by atoms with van der Waals surface area (Å²) in [6, 6.07) is 0. The normalized spacial score (nSPS) is 16.6. The predicted molar refractivity (Wildman–Crippen MR) is 66.3 cm³/mol. The molecule has 0 atom stereocenters. The number of aromatic nitrogens is 2. The second kappa shape index (κ2) is 5.52. The number of methoxy groups -OCH3 is 1. The first-order valence-corrected chi connectivity index (χ1v) is 6.37. The number of carbonyl (C=O) groups is 1. The van der Waals surface area contributed by atoms with Crippen molar-refractivity contribution in [1.29, 1.82) is 0 Å². The van der Waals surface area contributed by atoms with Gasteiger partial charge in [-0.2, -0.15) is 0 Å². The monoisotopic (exact) mass is 252 g/mol. The summed E-state index contributed by atoms with van der Waals surface area (Å²) in [5.41, 5.74) is 0.738. The number of hydrogen-bond acceptors (Lipinski definition) is 4. The standard InChI is InChI=1S/C13H20N2O3/c1-3-18-12(16)11-8-15(10-14-11)9-13(4-5-13)6-7-17-2/h8,10H,3-7,9H2,1-2H3. The van der Waals surface area contributed by atoms with Crippen LogP contribution in [0.3, 0.4) is 0 Å². The lowest BCUT2D eigenvalue weighted by Gasteiger charge is -2.14. The van der Waals surface area contributed by atoms with Crippen LogP contribution in [0.1, 0.15) is 36.7 Å². The number of rotatable bonds is 7. The summed E-state index contributed by atoms with van der Waals surface area (Å²) in [4.78, 5) is 15.6. The van der Waals surface area contributed by atoms with Crippen molar-refractivity contribution in [2.45, 2.75) is 32.7 Å². The fraction of sp³-hybridized carbons (Fsp3) is 0.692. The van der Waals surface area contributed by atoms with Crippen molar-refractivity contribution in [1.82, 2.24) is 9.55 Å². The highest BCUT2D eigenvalue weighted by Crippen LogP contribution is 2.50. The topological polar surface area (TPSA) is 53.4 Å². The third kappa shape index (κ3) is 3.10. The first-order valence-electron chi connectivity index (χ1n) is 6.37. The lowest BCUT2D eigenvalue weighted by molar-refractivity contribution is 0.0520. The third-order valence-corrected chi connectivity index (χ3v) is 3.43. The molecule has 0 N–H and O–H groups in total. The van der Waals surface area contributed by atoms with Crippen LogP contribution in [-0.4, -0.2) is 35.8 Å². The highest BCUT2D eigenvalue weighted by Gasteiger charge is 2.42. The average molecular weight is 252 g/mol. The van der Waals surface area contributed by atoms with Gasteiger partial charge in [0.15, 0.2) is 5.69 Å². The molecule has 1 aromatic heterocycles. The quantitative estimate of drug-likeness (QED) is 0.695. The van der Waals surface area contributed by atoms with Crippen LogP contribution >= 0.6 is 0 Å². The average Bonchev–Trinajstić information content (AvgIpc) is 2.95. The number of nitrogens with zero attached hydrogens (tertiary/aromatic N) is 2. The predicted octanol–water partition coefficient (Wildman–Crippen LogP) is 1.88. The zero-order chi connectivity index (χ0) is 13.0. The van der Waals surface area contributed by atoms with E-state index in [-0.39, 0.29) is 5.97 Å². The fourth-order valence-corrected chi connectivity index (χ4v) is 2.13. The maximum absolute atomic E-state index is 11.5. The molecule has 100 valence electrons. The molecule has 1 saturated carbocycles. The number of ether oxygens (including phenoxy) is 2. The van der Waals surface area contributed by atoms with E-state index in [2.05, 4.69) is 4.98 Å². The lowest BCUT2D eigenvalue weighted by Crippen LogP contribution is -2.13. The van der Waals surface area contributed by atoms with Crippen LogP contribution in [0.15, 0.2) is 12.5 Å². The van der Waals surface area contributed by atoms with Gasteiger partial charge in [-0.25, -0.2) is 9.78 Å². The summed E-state index contributed by atoms with van der Waals surface area (Å²) in [5, 5.41) is 0. The lowest BCUT2D eigenvalue weighted by atomic mass is 10.0. The van der Waals surface area contributed by atoms with Crippen molar-refractivity contribution in [3.8, 4) is 0 Å². The van der Waals surface area contributed by atoms with Gasteiger partial charge in [0.2, 0.25) is 0 Å². The van der Waals surface area contributed by atoms with Crippen LogP contribution in [0.25, 0.3) is 0 Å². The van der Waals surface area contributed by atoms with E-state index in [1.165, 1.54) is 12.8 Å². The molecule has 0 amide bonds. The molecule has 1 aliphatic carbocycles. The molecule has 0 unspecified atom stereocenters. The highest BCUT2D eigenvalue weighted by atomic mass is 16.5. The van der Waals surface area contributed by atoms with Gasteiger partial charge in [-0.3, -0.25) is 0 Å². The SMILES string of the molecule is CCOC(=O)c1cn(CC2(CCOC)CC2)cn1. The molecule has 2 rings (SSSR count). The molecule has 1 fully saturated rings. The Morgan fingerprint density at radius 2 is 2.33 bits per heavy atom. The largest absolute Gasteiger partial charge is 0.461 e. The molecular formula is C13H20N2O3. The maximum Gasteiger partial charge on any atom is 0.358 e. The Bertz CT molecular complexity index is 410. The summed E-state index contributed by atoms with van der Waals surface area (Å²) in [7, 11) is 1.73. The van der Waals surface area contributed by atoms with Crippen LogP contribution in [-0.2, 0) is 16.0 Å². The summed E-state index contributed by atoms with van der Waals surface area (Å²) < 4.78 is 12.0. The van der Waals surface area contributed by atoms with Crippen LogP contribution in [0, 0.1) is 5.41 Å². The van der Waals surface area contributed by atoms with Crippen molar-refractivity contribution in [3.63, 3.8) is 0 Å². The highest BCUT2D eigenvalue weighted by molar-refractivity contribution is 5.86. The Morgan fingerprint density at radius 1 is 1.56 bits per heavy atom. The van der Waals surface area contributed by atoms with E-state index in [0.29, 0.717) is 17.7 Å². The minimum atomic E-state index is -0.349. The first-order chi connectivity index (χ1) is 8.69. The summed E-state index contributed by atoms with van der Waals surface area (Å²) in [6.45, 7) is 3.87. The van der Waals surface area contributed by atoms with Gasteiger partial charge in [0.05, 0.1) is 12.9 Å². The molecule has 0 spiro atoms. The van der Waals surface area contributed by atoms with E-state index >= 15 is 0 Å². The van der Waals surface area contributed by atoms with E-state index in [1.807, 2.05) is 4.57 Å². The molecule has 1 aliphatic rings. The van der Waals surface area contributed by atoms with Crippen LogP contribution in [0.4, 0.5) is 0 Å². The van der Waals surface area contributed by atoms with Crippen molar-refractivity contribution >= 4 is 5.97 Å². The van der Waals surface area contributed by atoms with Gasteiger partial charge in [0.1, 0.15) is 0 Å². The van der Waals surface area contributed by atoms with Gasteiger partial charge in [0, 0.05) is 26.5 Å². The fourth-order valence-electron chi connectivity index (χ4n) is 2.13. The third-order valence-electron chi connectivity index (χ3n) is 3.43. The zero-order valence-corrected chi connectivity index (χ0v) is 11.0. The van der Waals surface area contributed by atoms with E-state index in [4.69, 9.17) is 9.47 Å². The van der Waals surface area contributed by atoms with Crippen LogP contribution in [0.5, 0.6) is 0 Å². The molecule has 0 aliphatic heterocycles. The van der Waals surface area contributed by atoms with Crippen LogP contribution < -0.4 is 0 Å². The number of esters is 1. The molecule has 1 heterocycles. The second-order valence-corrected chi connectivity index (χ2v) is 4.89. The van der Waals surface area contributed by atoms with E-state index < -0.39 is 0 Å². The van der Waals surface area contributed by atoms with Gasteiger partial charge in [0.25, 0.3) is 0 Å². The minimum Gasteiger partial charge on any atom is -0.461 e. The number of hydrogen-bond donors (Lipinski definition) is 0. The van der Waals surface area contributed by atoms with Crippen molar-refractivity contribution in [2.75, 3.05) is 20.3 Å². The molecule has 0 saturated heterocycles. The van der Waals surface area contributed by atoms with E-state index in [1.54, 1.807) is 26.6 Å².